The van der Waals surface area contributed by atoms with Gasteiger partial charge in [0.25, 0.3) is 0 Å². The van der Waals surface area contributed by atoms with E-state index in [-0.39, 0.29) is 11.8 Å². The van der Waals surface area contributed by atoms with Gasteiger partial charge in [-0.1, -0.05) is 6.92 Å². The van der Waals surface area contributed by atoms with Gasteiger partial charge in [0.2, 0.25) is 5.91 Å². The number of hydrogen-bond acceptors (Lipinski definition) is 3. The highest BCUT2D eigenvalue weighted by atomic mass is 19.1. The van der Waals surface area contributed by atoms with Gasteiger partial charge >= 0.3 is 5.97 Å². The summed E-state index contributed by atoms with van der Waals surface area (Å²) in [7, 11) is 3.31. The van der Waals surface area contributed by atoms with Crippen molar-refractivity contribution in [2.45, 2.75) is 6.92 Å². The highest BCUT2D eigenvalue weighted by Crippen LogP contribution is 2.19. The molecule has 0 fully saturated rings. The molecule has 0 aliphatic heterocycles. The molecule has 0 aliphatic rings. The van der Waals surface area contributed by atoms with Crippen LogP contribution in [-0.4, -0.2) is 37.6 Å². The van der Waals surface area contributed by atoms with Crippen LogP contribution in [0.5, 0.6) is 0 Å². The van der Waals surface area contributed by atoms with E-state index in [0.717, 1.165) is 6.08 Å². The Morgan fingerprint density at radius 3 is 2.67 bits per heavy atom. The van der Waals surface area contributed by atoms with Crippen molar-refractivity contribution in [2.24, 2.45) is 5.92 Å². The van der Waals surface area contributed by atoms with Crippen LogP contribution in [0.4, 0.5) is 10.1 Å². The van der Waals surface area contributed by atoms with Crippen LogP contribution in [0.25, 0.3) is 6.08 Å². The Labute approximate surface area is 123 Å². The van der Waals surface area contributed by atoms with Crippen LogP contribution in [-0.2, 0) is 9.59 Å². The molecule has 6 heteroatoms. The lowest BCUT2D eigenvalue weighted by atomic mass is 10.1. The van der Waals surface area contributed by atoms with Crippen LogP contribution < -0.4 is 10.2 Å². The number of rotatable bonds is 6. The molecule has 0 saturated heterocycles. The Morgan fingerprint density at radius 1 is 1.43 bits per heavy atom. The molecule has 0 aliphatic carbocycles. The van der Waals surface area contributed by atoms with Gasteiger partial charge in [-0.2, -0.15) is 0 Å². The van der Waals surface area contributed by atoms with Crippen LogP contribution in [0.15, 0.2) is 24.3 Å². The average molecular weight is 294 g/mol. The second-order valence-corrected chi connectivity index (χ2v) is 4.81. The number of halogens is 1. The predicted octanol–water partition coefficient (Wildman–Crippen LogP) is 1.74. The first-order valence-electron chi connectivity index (χ1n) is 6.47. The molecule has 1 atom stereocenters. The smallest absolute Gasteiger partial charge is 0.328 e. The number of carboxylic acids is 1. The molecule has 1 aromatic rings. The normalized spacial score (nSPS) is 12.2. The summed E-state index contributed by atoms with van der Waals surface area (Å²) in [4.78, 5) is 23.7. The number of amides is 1. The largest absolute Gasteiger partial charge is 0.478 e. The van der Waals surface area contributed by atoms with E-state index in [2.05, 4.69) is 5.32 Å². The van der Waals surface area contributed by atoms with E-state index in [1.807, 2.05) is 0 Å². The fraction of sp³-hybridized carbons (Fsp3) is 0.333. The number of aliphatic carboxylic acids is 1. The van der Waals surface area contributed by atoms with Gasteiger partial charge in [-0.05, 0) is 29.8 Å². The molecule has 0 heterocycles. The third-order valence-corrected chi connectivity index (χ3v) is 3.01. The van der Waals surface area contributed by atoms with Crippen molar-refractivity contribution in [1.29, 1.82) is 0 Å². The van der Waals surface area contributed by atoms with Crippen molar-refractivity contribution in [3.05, 3.63) is 35.7 Å². The Balaban J connectivity index is 2.91. The number of nitrogens with one attached hydrogen (secondary N) is 1. The number of anilines is 1. The van der Waals surface area contributed by atoms with Gasteiger partial charge in [-0.25, -0.2) is 9.18 Å². The molecule has 1 amide bonds. The van der Waals surface area contributed by atoms with Crippen LogP contribution in [0.2, 0.25) is 0 Å². The van der Waals surface area contributed by atoms with Crippen molar-refractivity contribution in [1.82, 2.24) is 5.32 Å². The average Bonchev–Trinajstić information content (AvgIpc) is 2.43. The zero-order valence-electron chi connectivity index (χ0n) is 12.3. The van der Waals surface area contributed by atoms with Gasteiger partial charge in [0.1, 0.15) is 5.82 Å². The summed E-state index contributed by atoms with van der Waals surface area (Å²) in [5.41, 5.74) is 1.03. The molecule has 1 unspecified atom stereocenters. The van der Waals surface area contributed by atoms with Crippen molar-refractivity contribution in [3.8, 4) is 0 Å². The van der Waals surface area contributed by atoms with Gasteiger partial charge < -0.3 is 15.3 Å². The maximum atomic E-state index is 13.6. The molecule has 5 nitrogen and oxygen atoms in total. The molecule has 21 heavy (non-hydrogen) atoms. The van der Waals surface area contributed by atoms with Gasteiger partial charge in [-0.3, -0.25) is 4.79 Å². The monoisotopic (exact) mass is 294 g/mol. The van der Waals surface area contributed by atoms with Crippen LogP contribution in [0.1, 0.15) is 12.5 Å². The van der Waals surface area contributed by atoms with Gasteiger partial charge in [0, 0.05) is 32.4 Å². The highest BCUT2D eigenvalue weighted by molar-refractivity contribution is 5.85. The molecule has 2 N–H and O–H groups in total. The van der Waals surface area contributed by atoms with Crippen molar-refractivity contribution >= 4 is 23.6 Å². The Hall–Kier alpha value is -2.37. The van der Waals surface area contributed by atoms with E-state index in [4.69, 9.17) is 5.11 Å². The quantitative estimate of drug-likeness (QED) is 0.784. The molecule has 0 bridgehead atoms. The topological polar surface area (TPSA) is 69.6 Å². The fourth-order valence-electron chi connectivity index (χ4n) is 1.93. The van der Waals surface area contributed by atoms with Crippen molar-refractivity contribution in [3.63, 3.8) is 0 Å². The summed E-state index contributed by atoms with van der Waals surface area (Å²) < 4.78 is 13.6. The second-order valence-electron chi connectivity index (χ2n) is 4.81. The Kier molecular flexibility index (Phi) is 5.90. The minimum atomic E-state index is -1.09. The Morgan fingerprint density at radius 2 is 2.10 bits per heavy atom. The summed E-state index contributed by atoms with van der Waals surface area (Å²) in [5, 5.41) is 11.2. The van der Waals surface area contributed by atoms with Gasteiger partial charge in [-0.15, -0.1) is 0 Å². The van der Waals surface area contributed by atoms with Crippen LogP contribution in [0.3, 0.4) is 0 Å². The minimum Gasteiger partial charge on any atom is -0.478 e. The minimum absolute atomic E-state index is 0.0933. The number of nitrogens with zero attached hydrogens (tertiary/aromatic N) is 1. The molecule has 114 valence electrons. The summed E-state index contributed by atoms with van der Waals surface area (Å²) >= 11 is 0. The maximum Gasteiger partial charge on any atom is 0.328 e. The van der Waals surface area contributed by atoms with Crippen LogP contribution in [0, 0.1) is 11.7 Å². The fourth-order valence-corrected chi connectivity index (χ4v) is 1.93. The number of carbonyl (C=O) groups is 2. The first-order chi connectivity index (χ1) is 9.83. The lowest BCUT2D eigenvalue weighted by molar-refractivity contribution is -0.131. The molecular weight excluding hydrogens is 275 g/mol. The first-order valence-corrected chi connectivity index (χ1v) is 6.47. The molecule has 0 saturated carbocycles. The number of carboxylic acid groups (broad SMARTS) is 1. The van der Waals surface area contributed by atoms with Crippen LogP contribution >= 0.6 is 0 Å². The van der Waals surface area contributed by atoms with E-state index >= 15 is 0 Å². The van der Waals surface area contributed by atoms with Gasteiger partial charge in [0.15, 0.2) is 0 Å². The number of benzene rings is 1. The number of carbonyl (C=O) groups excluding carboxylic acids is 1. The molecular formula is C15H19FN2O3. The summed E-state index contributed by atoms with van der Waals surface area (Å²) in [5.74, 6) is -1.90. The van der Waals surface area contributed by atoms with Crippen molar-refractivity contribution in [2.75, 3.05) is 25.5 Å². The lowest BCUT2D eigenvalue weighted by Gasteiger charge is -2.23. The Bertz CT molecular complexity index is 558. The van der Waals surface area contributed by atoms with Gasteiger partial charge in [0.05, 0.1) is 5.92 Å². The SMILES string of the molecule is CNC(=O)C(C)CN(C)c1cc(F)cc(/C=C/C(=O)O)c1. The lowest BCUT2D eigenvalue weighted by Crippen LogP contribution is -2.34. The summed E-state index contributed by atoms with van der Waals surface area (Å²) in [6.07, 6.45) is 2.27. The predicted molar refractivity (Wildman–Crippen MR) is 79.6 cm³/mol. The first kappa shape index (κ1) is 16.7. The van der Waals surface area contributed by atoms with E-state index in [1.165, 1.54) is 18.2 Å². The van der Waals surface area contributed by atoms with E-state index in [1.54, 1.807) is 32.0 Å². The molecule has 1 aromatic carbocycles. The van der Waals surface area contributed by atoms with E-state index in [9.17, 15) is 14.0 Å². The number of hydrogen-bond donors (Lipinski definition) is 2. The van der Waals surface area contributed by atoms with E-state index < -0.39 is 11.8 Å². The zero-order chi connectivity index (χ0) is 16.0. The zero-order valence-corrected chi connectivity index (χ0v) is 12.3. The molecule has 1 rings (SSSR count). The molecule has 0 radical (unpaired) electrons. The third-order valence-electron chi connectivity index (χ3n) is 3.01. The summed E-state index contributed by atoms with van der Waals surface area (Å²) in [6, 6.07) is 4.26. The second kappa shape index (κ2) is 7.42. The van der Waals surface area contributed by atoms with Crippen molar-refractivity contribution < 1.29 is 19.1 Å². The molecule has 0 aromatic heterocycles. The maximum absolute atomic E-state index is 13.6. The van der Waals surface area contributed by atoms with E-state index in [0.29, 0.717) is 17.8 Å². The standard InChI is InChI=1S/C15H19FN2O3/c1-10(15(21)17-2)9-18(3)13-7-11(4-5-14(19)20)6-12(16)8-13/h4-8,10H,9H2,1-3H3,(H,17,21)(H,19,20)/b5-4+. The highest BCUT2D eigenvalue weighted by Gasteiger charge is 2.14. The molecule has 0 spiro atoms. The third kappa shape index (κ3) is 5.25. The summed E-state index contributed by atoms with van der Waals surface area (Å²) in [6.45, 7) is 2.20.